The van der Waals surface area contributed by atoms with E-state index in [1.807, 2.05) is 6.07 Å². The van der Waals surface area contributed by atoms with Crippen LogP contribution in [0.5, 0.6) is 0 Å². The van der Waals surface area contributed by atoms with Crippen LogP contribution in [-0.4, -0.2) is 28.1 Å². The molecule has 0 radical (unpaired) electrons. The Morgan fingerprint density at radius 3 is 2.56 bits per heavy atom. The summed E-state index contributed by atoms with van der Waals surface area (Å²) in [6, 6.07) is 9.94. The number of carboxylic acids is 1. The van der Waals surface area contributed by atoms with Crippen LogP contribution in [0.4, 0.5) is 13.6 Å². The quantitative estimate of drug-likeness (QED) is 0.926. The third-order valence-corrected chi connectivity index (χ3v) is 4.13. The van der Waals surface area contributed by atoms with Crippen molar-refractivity contribution in [2.24, 2.45) is 0 Å². The molecule has 5 nitrogen and oxygen atoms in total. The van der Waals surface area contributed by atoms with Crippen LogP contribution in [0.2, 0.25) is 0 Å². The maximum absolute atomic E-state index is 13.9. The van der Waals surface area contributed by atoms with Crippen LogP contribution in [-0.2, 0) is 29.1 Å². The third-order valence-electron chi connectivity index (χ3n) is 4.13. The number of carboxylic acid groups (broad SMARTS) is 1. The maximum atomic E-state index is 13.9. The van der Waals surface area contributed by atoms with E-state index in [1.54, 1.807) is 24.3 Å². The number of nitrogens with zero attached hydrogens (tertiary/aromatic N) is 1. The van der Waals surface area contributed by atoms with Crippen molar-refractivity contribution < 1.29 is 28.2 Å². The Kier molecular flexibility index (Phi) is 4.65. The van der Waals surface area contributed by atoms with E-state index in [9.17, 15) is 23.5 Å². The molecule has 0 aromatic heterocycles. The van der Waals surface area contributed by atoms with E-state index in [0.29, 0.717) is 5.56 Å². The van der Waals surface area contributed by atoms with Gasteiger partial charge >= 0.3 is 12.1 Å². The predicted octanol–water partition coefficient (Wildman–Crippen LogP) is 3.11. The maximum Gasteiger partial charge on any atom is 0.411 e. The van der Waals surface area contributed by atoms with Gasteiger partial charge in [-0.25, -0.2) is 18.4 Å². The van der Waals surface area contributed by atoms with E-state index >= 15 is 0 Å². The van der Waals surface area contributed by atoms with Gasteiger partial charge in [-0.1, -0.05) is 36.4 Å². The van der Waals surface area contributed by atoms with Crippen LogP contribution < -0.4 is 0 Å². The number of fused-ring (bicyclic) bond motifs is 1. The molecule has 2 aromatic rings. The minimum absolute atomic E-state index is 0.00680. The topological polar surface area (TPSA) is 66.8 Å². The molecule has 1 amide bonds. The number of amides is 1. The van der Waals surface area contributed by atoms with Gasteiger partial charge in [0, 0.05) is 6.42 Å². The number of ether oxygens (including phenoxy) is 1. The molecule has 25 heavy (non-hydrogen) atoms. The number of carbonyl (C=O) groups excluding carboxylic acids is 1. The summed E-state index contributed by atoms with van der Waals surface area (Å²) in [5.41, 5.74) is 1.11. The summed E-state index contributed by atoms with van der Waals surface area (Å²) in [4.78, 5) is 24.8. The zero-order chi connectivity index (χ0) is 18.0. The van der Waals surface area contributed by atoms with Gasteiger partial charge in [0.1, 0.15) is 12.6 Å². The normalized spacial score (nSPS) is 16.2. The molecule has 1 aliphatic rings. The second kappa shape index (κ2) is 6.88. The van der Waals surface area contributed by atoms with Crippen molar-refractivity contribution in [3.8, 4) is 0 Å². The first-order valence-corrected chi connectivity index (χ1v) is 7.63. The minimum atomic E-state index is -1.31. The second-order valence-electron chi connectivity index (χ2n) is 5.73. The summed E-state index contributed by atoms with van der Waals surface area (Å²) in [7, 11) is 0. The highest BCUT2D eigenvalue weighted by Gasteiger charge is 2.37. The molecule has 130 valence electrons. The lowest BCUT2D eigenvalue weighted by atomic mass is 9.93. The number of carbonyl (C=O) groups is 2. The summed E-state index contributed by atoms with van der Waals surface area (Å²) in [5.74, 6) is -3.41. The van der Waals surface area contributed by atoms with Gasteiger partial charge in [0.2, 0.25) is 0 Å². The Labute approximate surface area is 142 Å². The molecule has 7 heteroatoms. The fraction of sp³-hybridized carbons (Fsp3) is 0.222. The lowest BCUT2D eigenvalue weighted by molar-refractivity contribution is -0.143. The smallest absolute Gasteiger partial charge is 0.411 e. The van der Waals surface area contributed by atoms with Gasteiger partial charge in [0.25, 0.3) is 0 Å². The fourth-order valence-electron chi connectivity index (χ4n) is 2.81. The molecule has 1 heterocycles. The highest BCUT2D eigenvalue weighted by atomic mass is 19.2. The molecule has 0 spiro atoms. The van der Waals surface area contributed by atoms with Crippen molar-refractivity contribution in [3.63, 3.8) is 0 Å². The molecule has 0 bridgehead atoms. The molecular weight excluding hydrogens is 332 g/mol. The van der Waals surface area contributed by atoms with Gasteiger partial charge in [-0.15, -0.1) is 0 Å². The minimum Gasteiger partial charge on any atom is -0.480 e. The number of benzene rings is 2. The Hall–Kier alpha value is -2.96. The van der Waals surface area contributed by atoms with Gasteiger partial charge in [-0.2, -0.15) is 0 Å². The largest absolute Gasteiger partial charge is 0.480 e. The lowest BCUT2D eigenvalue weighted by Gasteiger charge is -2.33. The van der Waals surface area contributed by atoms with E-state index < -0.39 is 29.7 Å². The molecule has 2 aromatic carbocycles. The Balaban J connectivity index is 1.80. The zero-order valence-electron chi connectivity index (χ0n) is 13.1. The van der Waals surface area contributed by atoms with Gasteiger partial charge in [0.15, 0.2) is 11.6 Å². The van der Waals surface area contributed by atoms with Crippen LogP contribution in [0.1, 0.15) is 16.7 Å². The molecule has 0 fully saturated rings. The molecule has 0 aliphatic carbocycles. The Bertz CT molecular complexity index is 810. The first kappa shape index (κ1) is 16.9. The SMILES string of the molecule is O=C(O)C1Cc2c(ccc(F)c2F)CN1C(=O)OCc1ccccc1. The first-order valence-electron chi connectivity index (χ1n) is 7.63. The van der Waals surface area contributed by atoms with Gasteiger partial charge in [-0.05, 0) is 22.8 Å². The lowest BCUT2D eigenvalue weighted by Crippen LogP contribution is -2.49. The van der Waals surface area contributed by atoms with Crippen molar-refractivity contribution in [1.29, 1.82) is 0 Å². The predicted molar refractivity (Wildman–Crippen MR) is 83.7 cm³/mol. The van der Waals surface area contributed by atoms with E-state index in [-0.39, 0.29) is 25.1 Å². The third kappa shape index (κ3) is 3.45. The van der Waals surface area contributed by atoms with Crippen molar-refractivity contribution >= 4 is 12.1 Å². The van der Waals surface area contributed by atoms with Gasteiger partial charge < -0.3 is 9.84 Å². The van der Waals surface area contributed by atoms with Crippen molar-refractivity contribution in [2.75, 3.05) is 0 Å². The average Bonchev–Trinajstić information content (AvgIpc) is 2.62. The first-order chi connectivity index (χ1) is 12.0. The van der Waals surface area contributed by atoms with Crippen LogP contribution in [0, 0.1) is 11.6 Å². The number of halogens is 2. The number of hydrogen-bond donors (Lipinski definition) is 1. The number of aliphatic carboxylic acids is 1. The fourth-order valence-corrected chi connectivity index (χ4v) is 2.81. The average molecular weight is 347 g/mol. The molecule has 1 aliphatic heterocycles. The summed E-state index contributed by atoms with van der Waals surface area (Å²) in [6.07, 6.45) is -1.12. The zero-order valence-corrected chi connectivity index (χ0v) is 13.1. The molecule has 1 unspecified atom stereocenters. The van der Waals surface area contributed by atoms with Crippen LogP contribution in [0.15, 0.2) is 42.5 Å². The summed E-state index contributed by atoms with van der Waals surface area (Å²) < 4.78 is 32.5. The second-order valence-corrected chi connectivity index (χ2v) is 5.73. The van der Waals surface area contributed by atoms with Crippen molar-refractivity contribution in [3.05, 3.63) is 70.8 Å². The van der Waals surface area contributed by atoms with Crippen LogP contribution >= 0.6 is 0 Å². The molecular formula is C18H15F2NO4. The van der Waals surface area contributed by atoms with E-state index in [1.165, 1.54) is 6.07 Å². The Morgan fingerprint density at radius 2 is 1.88 bits per heavy atom. The molecule has 1 atom stereocenters. The van der Waals surface area contributed by atoms with Crippen LogP contribution in [0.3, 0.4) is 0 Å². The van der Waals surface area contributed by atoms with Crippen molar-refractivity contribution in [1.82, 2.24) is 4.90 Å². The molecule has 0 saturated heterocycles. The number of hydrogen-bond acceptors (Lipinski definition) is 3. The van der Waals surface area contributed by atoms with Gasteiger partial charge in [0.05, 0.1) is 6.54 Å². The standard InChI is InChI=1S/C18H15F2NO4/c19-14-7-6-12-9-21(15(17(22)23)8-13(12)16(14)20)18(24)25-10-11-4-2-1-3-5-11/h1-7,15H,8-10H2,(H,22,23). The monoisotopic (exact) mass is 347 g/mol. The van der Waals surface area contributed by atoms with Crippen molar-refractivity contribution in [2.45, 2.75) is 25.6 Å². The number of rotatable bonds is 3. The highest BCUT2D eigenvalue weighted by molar-refractivity contribution is 5.81. The summed E-state index contributed by atoms with van der Waals surface area (Å²) in [5, 5.41) is 9.36. The summed E-state index contributed by atoms with van der Waals surface area (Å²) >= 11 is 0. The van der Waals surface area contributed by atoms with E-state index in [0.717, 1.165) is 16.5 Å². The summed E-state index contributed by atoms with van der Waals surface area (Å²) in [6.45, 7) is -0.162. The van der Waals surface area contributed by atoms with E-state index in [2.05, 4.69) is 0 Å². The molecule has 3 rings (SSSR count). The van der Waals surface area contributed by atoms with E-state index in [4.69, 9.17) is 4.74 Å². The Morgan fingerprint density at radius 1 is 1.16 bits per heavy atom. The van der Waals surface area contributed by atoms with Crippen LogP contribution in [0.25, 0.3) is 0 Å². The molecule has 1 N–H and O–H groups in total. The molecule has 0 saturated carbocycles. The van der Waals surface area contributed by atoms with Gasteiger partial charge in [-0.3, -0.25) is 4.90 Å². The highest BCUT2D eigenvalue weighted by Crippen LogP contribution is 2.28.